The predicted octanol–water partition coefficient (Wildman–Crippen LogP) is 1.23. The molecule has 1 aliphatic carbocycles. The monoisotopic (exact) mass is 381 g/mol. The zero-order chi connectivity index (χ0) is 18.9. The first-order chi connectivity index (χ1) is 13.8. The van der Waals surface area contributed by atoms with E-state index < -0.39 is 0 Å². The van der Waals surface area contributed by atoms with Crippen LogP contribution in [-0.2, 0) is 17.6 Å². The van der Waals surface area contributed by atoms with E-state index in [-0.39, 0.29) is 0 Å². The number of rotatable bonds is 3. The largest absolute Gasteiger partial charge is 0.378 e. The Morgan fingerprint density at radius 2 is 1.64 bits per heavy atom. The van der Waals surface area contributed by atoms with E-state index in [9.17, 15) is 0 Å². The van der Waals surface area contributed by atoms with Crippen molar-refractivity contribution in [2.45, 2.75) is 26.2 Å². The number of hydrogen-bond acceptors (Lipinski definition) is 8. The van der Waals surface area contributed by atoms with Gasteiger partial charge in [-0.15, -0.1) is 0 Å². The Balaban J connectivity index is 1.31. The van der Waals surface area contributed by atoms with Crippen LogP contribution in [0.4, 0.5) is 17.6 Å². The molecule has 0 radical (unpaired) electrons. The van der Waals surface area contributed by atoms with E-state index in [0.29, 0.717) is 0 Å². The normalized spacial score (nSPS) is 19.8. The van der Waals surface area contributed by atoms with E-state index in [1.165, 1.54) is 17.7 Å². The molecule has 2 aliphatic heterocycles. The zero-order valence-corrected chi connectivity index (χ0v) is 16.5. The van der Waals surface area contributed by atoms with Crippen LogP contribution in [0.15, 0.2) is 12.4 Å². The maximum Gasteiger partial charge on any atom is 0.227 e. The molecule has 2 aromatic rings. The quantitative estimate of drug-likeness (QED) is 0.786. The van der Waals surface area contributed by atoms with Crippen molar-refractivity contribution < 1.29 is 4.74 Å². The van der Waals surface area contributed by atoms with E-state index in [0.717, 1.165) is 88.6 Å². The molecule has 2 aromatic heterocycles. The van der Waals surface area contributed by atoms with Crippen molar-refractivity contribution in [2.75, 3.05) is 67.2 Å². The molecule has 5 rings (SSSR count). The predicted molar refractivity (Wildman–Crippen MR) is 108 cm³/mol. The number of anilines is 3. The topological polar surface area (TPSA) is 70.5 Å². The molecule has 0 unspecified atom stereocenters. The molecular formula is C20H27N7O. The Kier molecular flexibility index (Phi) is 4.72. The molecule has 0 amide bonds. The van der Waals surface area contributed by atoms with Crippen molar-refractivity contribution in [1.82, 2.24) is 19.9 Å². The summed E-state index contributed by atoms with van der Waals surface area (Å²) in [6.07, 6.45) is 5.13. The van der Waals surface area contributed by atoms with Gasteiger partial charge >= 0.3 is 0 Å². The number of hydrogen-bond donors (Lipinski definition) is 0. The third-order valence-electron chi connectivity index (χ3n) is 5.88. The summed E-state index contributed by atoms with van der Waals surface area (Å²) < 4.78 is 5.46. The van der Waals surface area contributed by atoms with Crippen LogP contribution in [-0.4, -0.2) is 72.4 Å². The summed E-state index contributed by atoms with van der Waals surface area (Å²) in [6.45, 7) is 9.05. The van der Waals surface area contributed by atoms with Gasteiger partial charge < -0.3 is 19.4 Å². The van der Waals surface area contributed by atoms with Crippen LogP contribution in [0.25, 0.3) is 0 Å². The smallest absolute Gasteiger partial charge is 0.227 e. The second-order valence-electron chi connectivity index (χ2n) is 7.72. The molecule has 3 aliphatic rings. The average molecular weight is 381 g/mol. The van der Waals surface area contributed by atoms with Crippen molar-refractivity contribution in [3.63, 3.8) is 0 Å². The molecule has 0 aromatic carbocycles. The molecule has 4 heterocycles. The van der Waals surface area contributed by atoms with Gasteiger partial charge in [0.25, 0.3) is 0 Å². The fourth-order valence-electron chi connectivity index (χ4n) is 4.37. The number of ether oxygens (including phenoxy) is 1. The highest BCUT2D eigenvalue weighted by Crippen LogP contribution is 2.29. The summed E-state index contributed by atoms with van der Waals surface area (Å²) >= 11 is 0. The van der Waals surface area contributed by atoms with Gasteiger partial charge in [0.2, 0.25) is 5.95 Å². The van der Waals surface area contributed by atoms with Crippen LogP contribution in [0.2, 0.25) is 0 Å². The highest BCUT2D eigenvalue weighted by Gasteiger charge is 2.25. The van der Waals surface area contributed by atoms with Gasteiger partial charge in [-0.2, -0.15) is 4.98 Å². The summed E-state index contributed by atoms with van der Waals surface area (Å²) in [7, 11) is 0. The van der Waals surface area contributed by atoms with Crippen molar-refractivity contribution >= 4 is 17.6 Å². The molecule has 8 heteroatoms. The molecule has 0 spiro atoms. The second-order valence-corrected chi connectivity index (χ2v) is 7.72. The number of aryl methyl sites for hydroxylation is 2. The van der Waals surface area contributed by atoms with Gasteiger partial charge in [0, 0.05) is 62.3 Å². The maximum atomic E-state index is 5.46. The van der Waals surface area contributed by atoms with Crippen LogP contribution in [0.3, 0.4) is 0 Å². The van der Waals surface area contributed by atoms with Crippen LogP contribution < -0.4 is 14.7 Å². The highest BCUT2D eigenvalue weighted by molar-refractivity contribution is 5.53. The lowest BCUT2D eigenvalue weighted by Gasteiger charge is -2.37. The van der Waals surface area contributed by atoms with E-state index >= 15 is 0 Å². The lowest BCUT2D eigenvalue weighted by Crippen LogP contribution is -2.47. The number of piperazine rings is 1. The number of fused-ring (bicyclic) bond motifs is 1. The number of nitrogens with zero attached hydrogens (tertiary/aromatic N) is 7. The van der Waals surface area contributed by atoms with Crippen molar-refractivity contribution in [3.8, 4) is 0 Å². The van der Waals surface area contributed by atoms with Gasteiger partial charge in [-0.05, 0) is 26.2 Å². The molecule has 0 saturated carbocycles. The van der Waals surface area contributed by atoms with Gasteiger partial charge in [-0.3, -0.25) is 0 Å². The SMILES string of the molecule is Cc1cc(N2CCN(c3ncnc4c3CCC4)CC2)nc(N2CCOCC2)n1. The van der Waals surface area contributed by atoms with Crippen molar-refractivity contribution in [2.24, 2.45) is 0 Å². The minimum Gasteiger partial charge on any atom is -0.378 e. The average Bonchev–Trinajstić information content (AvgIpc) is 3.23. The van der Waals surface area contributed by atoms with E-state index in [4.69, 9.17) is 9.72 Å². The summed E-state index contributed by atoms with van der Waals surface area (Å²) in [5.74, 6) is 3.01. The minimum absolute atomic E-state index is 0.745. The summed E-state index contributed by atoms with van der Waals surface area (Å²) in [6, 6.07) is 2.10. The molecular weight excluding hydrogens is 354 g/mol. The zero-order valence-electron chi connectivity index (χ0n) is 16.5. The molecule has 28 heavy (non-hydrogen) atoms. The lowest BCUT2D eigenvalue weighted by molar-refractivity contribution is 0.122. The van der Waals surface area contributed by atoms with Crippen LogP contribution in [0.1, 0.15) is 23.4 Å². The molecule has 0 N–H and O–H groups in total. The van der Waals surface area contributed by atoms with Crippen molar-refractivity contribution in [3.05, 3.63) is 29.3 Å². The van der Waals surface area contributed by atoms with Gasteiger partial charge in [0.05, 0.1) is 13.2 Å². The summed E-state index contributed by atoms with van der Waals surface area (Å²) in [5, 5.41) is 0. The number of morpholine rings is 1. The fourth-order valence-corrected chi connectivity index (χ4v) is 4.37. The first kappa shape index (κ1) is 17.6. The summed E-state index contributed by atoms with van der Waals surface area (Å²) in [4.78, 5) is 25.6. The molecule has 0 bridgehead atoms. The van der Waals surface area contributed by atoms with Crippen LogP contribution >= 0.6 is 0 Å². The Hall–Kier alpha value is -2.48. The standard InChI is InChI=1S/C20H27N7O/c1-15-13-18(24-20(23-15)27-9-11-28-12-10-27)25-5-7-26(8-6-25)19-16-3-2-4-17(16)21-14-22-19/h13-14H,2-12H2,1H3. The first-order valence-electron chi connectivity index (χ1n) is 10.3. The van der Waals surface area contributed by atoms with Crippen LogP contribution in [0, 0.1) is 6.92 Å². The van der Waals surface area contributed by atoms with Crippen molar-refractivity contribution in [1.29, 1.82) is 0 Å². The molecule has 148 valence electrons. The van der Waals surface area contributed by atoms with Gasteiger partial charge in [-0.1, -0.05) is 0 Å². The van der Waals surface area contributed by atoms with Gasteiger partial charge in [0.15, 0.2) is 0 Å². The third kappa shape index (κ3) is 3.37. The first-order valence-corrected chi connectivity index (χ1v) is 10.3. The van der Waals surface area contributed by atoms with E-state index in [1.54, 1.807) is 6.33 Å². The Morgan fingerprint density at radius 1 is 0.857 bits per heavy atom. The molecule has 2 fully saturated rings. The van der Waals surface area contributed by atoms with Crippen LogP contribution in [0.5, 0.6) is 0 Å². The highest BCUT2D eigenvalue weighted by atomic mass is 16.5. The molecule has 8 nitrogen and oxygen atoms in total. The number of aromatic nitrogens is 4. The lowest BCUT2D eigenvalue weighted by atomic mass is 10.2. The summed E-state index contributed by atoms with van der Waals surface area (Å²) in [5.41, 5.74) is 3.62. The van der Waals surface area contributed by atoms with Gasteiger partial charge in [0.1, 0.15) is 18.0 Å². The minimum atomic E-state index is 0.745. The van der Waals surface area contributed by atoms with E-state index in [2.05, 4.69) is 42.6 Å². The Labute approximate surface area is 165 Å². The Bertz CT molecular complexity index is 844. The molecule has 2 saturated heterocycles. The van der Waals surface area contributed by atoms with Gasteiger partial charge in [-0.25, -0.2) is 15.0 Å². The Morgan fingerprint density at radius 3 is 2.46 bits per heavy atom. The third-order valence-corrected chi connectivity index (χ3v) is 5.88. The second kappa shape index (κ2) is 7.50. The fraction of sp³-hybridized carbons (Fsp3) is 0.600. The molecule has 0 atom stereocenters. The maximum absolute atomic E-state index is 5.46. The van der Waals surface area contributed by atoms with E-state index in [1.807, 2.05) is 0 Å².